The third-order valence-corrected chi connectivity index (χ3v) is 5.45. The maximum atomic E-state index is 11.7. The second-order valence-corrected chi connectivity index (χ2v) is 7.68. The van der Waals surface area contributed by atoms with E-state index in [4.69, 9.17) is 4.74 Å². The van der Waals surface area contributed by atoms with Crippen LogP contribution in [-0.2, 0) is 13.0 Å². The number of hydrogen-bond acceptors (Lipinski definition) is 3. The molecule has 1 heterocycles. The first-order valence-electron chi connectivity index (χ1n) is 10.8. The Balaban J connectivity index is 1.81. The van der Waals surface area contributed by atoms with Crippen molar-refractivity contribution in [3.63, 3.8) is 0 Å². The van der Waals surface area contributed by atoms with Gasteiger partial charge in [-0.05, 0) is 36.1 Å². The number of amides is 1. The zero-order valence-corrected chi connectivity index (χ0v) is 17.6. The van der Waals surface area contributed by atoms with Crippen LogP contribution < -0.4 is 4.74 Å². The van der Waals surface area contributed by atoms with Gasteiger partial charge in [-0.1, -0.05) is 58.3 Å². The lowest BCUT2D eigenvalue weighted by Crippen LogP contribution is -2.30. The van der Waals surface area contributed by atoms with Gasteiger partial charge in [-0.25, -0.2) is 4.79 Å². The molecule has 0 saturated carbocycles. The molecule has 28 heavy (non-hydrogen) atoms. The van der Waals surface area contributed by atoms with Crippen LogP contribution in [0.2, 0.25) is 0 Å². The van der Waals surface area contributed by atoms with Crippen LogP contribution in [-0.4, -0.2) is 42.5 Å². The Labute approximate surface area is 169 Å². The van der Waals surface area contributed by atoms with Gasteiger partial charge in [0.15, 0.2) is 0 Å². The first kappa shape index (κ1) is 22.3. The van der Waals surface area contributed by atoms with E-state index in [9.17, 15) is 9.90 Å². The Bertz CT molecular complexity index is 643. The Morgan fingerprint density at radius 1 is 1.11 bits per heavy atom. The molecule has 0 spiro atoms. The van der Waals surface area contributed by atoms with E-state index in [2.05, 4.69) is 18.0 Å². The first-order valence-corrected chi connectivity index (χ1v) is 10.8. The molecule has 0 aliphatic carbocycles. The van der Waals surface area contributed by atoms with Gasteiger partial charge in [-0.2, -0.15) is 0 Å². The lowest BCUT2D eigenvalue weighted by atomic mass is 9.99. The molecule has 0 unspecified atom stereocenters. The SMILES string of the molecule is CCCCCCCCCCCN(Cc1cc2c(cc1OC)C=NCC2)C(=O)O. The van der Waals surface area contributed by atoms with Crippen LogP contribution in [0.3, 0.4) is 0 Å². The summed E-state index contributed by atoms with van der Waals surface area (Å²) in [5, 5.41) is 9.62. The van der Waals surface area contributed by atoms with Crippen molar-refractivity contribution < 1.29 is 14.6 Å². The molecule has 1 aromatic rings. The van der Waals surface area contributed by atoms with Crippen molar-refractivity contribution >= 4 is 12.3 Å². The van der Waals surface area contributed by atoms with E-state index in [1.165, 1.54) is 55.4 Å². The number of unbranched alkanes of at least 4 members (excludes halogenated alkanes) is 8. The van der Waals surface area contributed by atoms with Crippen molar-refractivity contribution in [3.05, 3.63) is 28.8 Å². The molecule has 1 amide bonds. The minimum Gasteiger partial charge on any atom is -0.496 e. The van der Waals surface area contributed by atoms with E-state index in [0.717, 1.165) is 42.7 Å². The van der Waals surface area contributed by atoms with E-state index in [1.54, 1.807) is 7.11 Å². The molecule has 5 nitrogen and oxygen atoms in total. The van der Waals surface area contributed by atoms with Gasteiger partial charge in [-0.3, -0.25) is 4.99 Å². The largest absolute Gasteiger partial charge is 0.496 e. The normalized spacial score (nSPS) is 12.6. The molecule has 2 rings (SSSR count). The summed E-state index contributed by atoms with van der Waals surface area (Å²) in [6.45, 7) is 3.98. The zero-order valence-electron chi connectivity index (χ0n) is 17.6. The van der Waals surface area contributed by atoms with Crippen molar-refractivity contribution in [2.75, 3.05) is 20.2 Å². The fourth-order valence-corrected chi connectivity index (χ4v) is 3.75. The molecule has 5 heteroatoms. The summed E-state index contributed by atoms with van der Waals surface area (Å²) >= 11 is 0. The summed E-state index contributed by atoms with van der Waals surface area (Å²) in [5.74, 6) is 0.741. The maximum absolute atomic E-state index is 11.7. The molecular formula is C23H36N2O3. The average molecular weight is 389 g/mol. The van der Waals surface area contributed by atoms with Crippen LogP contribution in [0.4, 0.5) is 4.79 Å². The Kier molecular flexibility index (Phi) is 9.87. The van der Waals surface area contributed by atoms with Crippen molar-refractivity contribution in [2.45, 2.75) is 77.7 Å². The molecule has 1 N–H and O–H groups in total. The summed E-state index contributed by atoms with van der Waals surface area (Å²) in [5.41, 5.74) is 3.24. The highest BCUT2D eigenvalue weighted by molar-refractivity contribution is 5.84. The van der Waals surface area contributed by atoms with E-state index >= 15 is 0 Å². The molecular weight excluding hydrogens is 352 g/mol. The van der Waals surface area contributed by atoms with E-state index in [-0.39, 0.29) is 0 Å². The number of hydrogen-bond donors (Lipinski definition) is 1. The molecule has 0 bridgehead atoms. The summed E-state index contributed by atoms with van der Waals surface area (Å²) in [4.78, 5) is 17.6. The predicted molar refractivity (Wildman–Crippen MR) is 115 cm³/mol. The van der Waals surface area contributed by atoms with Crippen LogP contribution in [0.5, 0.6) is 5.75 Å². The fraction of sp³-hybridized carbons (Fsp3) is 0.652. The predicted octanol–water partition coefficient (Wildman–Crippen LogP) is 5.68. The van der Waals surface area contributed by atoms with Gasteiger partial charge in [0.25, 0.3) is 0 Å². The number of nitrogens with zero attached hydrogens (tertiary/aromatic N) is 2. The minimum atomic E-state index is -0.860. The Morgan fingerprint density at radius 2 is 1.79 bits per heavy atom. The summed E-state index contributed by atoms with van der Waals surface area (Å²) in [6.07, 6.45) is 13.0. The van der Waals surface area contributed by atoms with Crippen molar-refractivity contribution in [1.29, 1.82) is 0 Å². The van der Waals surface area contributed by atoms with Gasteiger partial charge < -0.3 is 14.7 Å². The quantitative estimate of drug-likeness (QED) is 0.442. The maximum Gasteiger partial charge on any atom is 0.407 e. The summed E-state index contributed by atoms with van der Waals surface area (Å²) < 4.78 is 5.51. The average Bonchev–Trinajstić information content (AvgIpc) is 2.70. The van der Waals surface area contributed by atoms with Crippen molar-refractivity contribution in [3.8, 4) is 5.75 Å². The first-order chi connectivity index (χ1) is 13.7. The lowest BCUT2D eigenvalue weighted by molar-refractivity contribution is 0.141. The standard InChI is InChI=1S/C23H36N2O3/c1-3-4-5-6-7-8-9-10-11-14-25(23(26)27)18-21-15-19-12-13-24-17-20(19)16-22(21)28-2/h15-17H,3-14,18H2,1-2H3,(H,26,27). The Hall–Kier alpha value is -2.04. The number of rotatable bonds is 13. The molecule has 1 aliphatic rings. The van der Waals surface area contributed by atoms with Crippen molar-refractivity contribution in [2.24, 2.45) is 4.99 Å². The summed E-state index contributed by atoms with van der Waals surface area (Å²) in [6, 6.07) is 4.07. The molecule has 0 atom stereocenters. The van der Waals surface area contributed by atoms with E-state index in [1.807, 2.05) is 12.3 Å². The monoisotopic (exact) mass is 388 g/mol. The second-order valence-electron chi connectivity index (χ2n) is 7.68. The number of aliphatic imine (C=N–C) groups is 1. The van der Waals surface area contributed by atoms with Gasteiger partial charge in [0.2, 0.25) is 0 Å². The van der Waals surface area contributed by atoms with E-state index in [0.29, 0.717) is 13.1 Å². The van der Waals surface area contributed by atoms with E-state index < -0.39 is 6.09 Å². The lowest BCUT2D eigenvalue weighted by Gasteiger charge is -2.22. The number of methoxy groups -OCH3 is 1. The smallest absolute Gasteiger partial charge is 0.407 e. The highest BCUT2D eigenvalue weighted by Crippen LogP contribution is 2.26. The van der Waals surface area contributed by atoms with Crippen LogP contribution in [0, 0.1) is 0 Å². The van der Waals surface area contributed by atoms with Crippen molar-refractivity contribution in [1.82, 2.24) is 4.90 Å². The molecule has 0 fully saturated rings. The molecule has 0 radical (unpaired) electrons. The van der Waals surface area contributed by atoms with Gasteiger partial charge in [0, 0.05) is 24.9 Å². The molecule has 156 valence electrons. The fourth-order valence-electron chi connectivity index (χ4n) is 3.75. The molecule has 1 aromatic carbocycles. The van der Waals surface area contributed by atoms with Crippen LogP contribution in [0.15, 0.2) is 17.1 Å². The molecule has 1 aliphatic heterocycles. The highest BCUT2D eigenvalue weighted by Gasteiger charge is 2.17. The second kappa shape index (κ2) is 12.4. The third-order valence-electron chi connectivity index (χ3n) is 5.45. The highest BCUT2D eigenvalue weighted by atomic mass is 16.5. The number of fused-ring (bicyclic) bond motifs is 1. The van der Waals surface area contributed by atoms with Crippen LogP contribution >= 0.6 is 0 Å². The minimum absolute atomic E-state index is 0.375. The summed E-state index contributed by atoms with van der Waals surface area (Å²) in [7, 11) is 1.64. The Morgan fingerprint density at radius 3 is 2.43 bits per heavy atom. The third kappa shape index (κ3) is 7.17. The number of carbonyl (C=O) groups is 1. The van der Waals surface area contributed by atoms with Gasteiger partial charge in [0.05, 0.1) is 13.7 Å². The molecule has 0 aromatic heterocycles. The van der Waals surface area contributed by atoms with Gasteiger partial charge >= 0.3 is 6.09 Å². The van der Waals surface area contributed by atoms with Crippen LogP contribution in [0.25, 0.3) is 0 Å². The van der Waals surface area contributed by atoms with Crippen LogP contribution in [0.1, 0.15) is 81.4 Å². The van der Waals surface area contributed by atoms with Gasteiger partial charge in [0.1, 0.15) is 5.75 Å². The topological polar surface area (TPSA) is 62.1 Å². The number of ether oxygens (including phenoxy) is 1. The number of carboxylic acid groups (broad SMARTS) is 1. The molecule has 0 saturated heterocycles. The number of benzene rings is 1. The zero-order chi connectivity index (χ0) is 20.2. The van der Waals surface area contributed by atoms with Gasteiger partial charge in [-0.15, -0.1) is 0 Å².